The SMILES string of the molecule is CCO[C@H](n1nc2ncc(C=O)cc2c1N1CCN(C)CC1)[Si](C)(C)C. The minimum atomic E-state index is -1.70. The van der Waals surface area contributed by atoms with Crippen molar-refractivity contribution in [3.8, 4) is 0 Å². The number of hydrogen-bond acceptors (Lipinski definition) is 6. The van der Waals surface area contributed by atoms with Gasteiger partial charge in [0, 0.05) is 44.5 Å². The van der Waals surface area contributed by atoms with Crippen LogP contribution in [0.25, 0.3) is 11.0 Å². The van der Waals surface area contributed by atoms with Crippen molar-refractivity contribution < 1.29 is 9.53 Å². The van der Waals surface area contributed by atoms with E-state index in [0.29, 0.717) is 17.8 Å². The highest BCUT2D eigenvalue weighted by atomic mass is 28.3. The third-order valence-corrected chi connectivity index (χ3v) is 6.67. The highest BCUT2D eigenvalue weighted by molar-refractivity contribution is 6.76. The second-order valence-corrected chi connectivity index (χ2v) is 13.2. The highest BCUT2D eigenvalue weighted by Gasteiger charge is 2.34. The molecule has 1 aliphatic heterocycles. The summed E-state index contributed by atoms with van der Waals surface area (Å²) in [5.41, 5.74) is 1.25. The number of aldehydes is 1. The van der Waals surface area contributed by atoms with Crippen molar-refractivity contribution in [3.05, 3.63) is 17.8 Å². The van der Waals surface area contributed by atoms with Crippen LogP contribution in [0.2, 0.25) is 19.6 Å². The molecule has 0 spiro atoms. The molecule has 0 radical (unpaired) electrons. The molecule has 7 nitrogen and oxygen atoms in total. The molecule has 0 saturated carbocycles. The van der Waals surface area contributed by atoms with Gasteiger partial charge in [-0.25, -0.2) is 9.67 Å². The van der Waals surface area contributed by atoms with E-state index in [1.54, 1.807) is 6.20 Å². The quantitative estimate of drug-likeness (QED) is 0.571. The van der Waals surface area contributed by atoms with Gasteiger partial charge in [0.15, 0.2) is 11.9 Å². The lowest BCUT2D eigenvalue weighted by Gasteiger charge is -2.37. The number of fused-ring (bicyclic) bond motifs is 1. The van der Waals surface area contributed by atoms with Gasteiger partial charge in [-0.2, -0.15) is 0 Å². The molecule has 3 heterocycles. The second kappa shape index (κ2) is 7.46. The summed E-state index contributed by atoms with van der Waals surface area (Å²) in [5.74, 6) is 0.959. The van der Waals surface area contributed by atoms with Gasteiger partial charge in [0.2, 0.25) is 0 Å². The molecule has 3 rings (SSSR count). The van der Waals surface area contributed by atoms with Gasteiger partial charge in [-0.15, -0.1) is 5.10 Å². The lowest BCUT2D eigenvalue weighted by atomic mass is 10.2. The Morgan fingerprint density at radius 1 is 1.27 bits per heavy atom. The number of pyridine rings is 1. The minimum absolute atomic E-state index is 0.0731. The Kier molecular flexibility index (Phi) is 5.45. The van der Waals surface area contributed by atoms with Crippen LogP contribution in [0.1, 0.15) is 23.1 Å². The van der Waals surface area contributed by atoms with Crippen LogP contribution in [0.15, 0.2) is 12.3 Å². The van der Waals surface area contributed by atoms with Crippen LogP contribution in [0.3, 0.4) is 0 Å². The summed E-state index contributed by atoms with van der Waals surface area (Å²) in [6, 6.07) is 1.90. The Bertz CT molecular complexity index is 778. The van der Waals surface area contributed by atoms with Crippen LogP contribution in [0.4, 0.5) is 5.82 Å². The number of anilines is 1. The second-order valence-electron chi connectivity index (χ2n) is 7.99. The summed E-state index contributed by atoms with van der Waals surface area (Å²) >= 11 is 0. The standard InChI is InChI=1S/C18H29N5O2Si/c1-6-25-18(26(3,4)5)23-17(22-9-7-21(2)8-10-22)15-11-14(13-24)12-19-16(15)20-23/h11-13,18H,6-10H2,1-5H3/t18-/m0/s1. The third kappa shape index (κ3) is 3.67. The molecule has 2 aromatic rings. The Balaban J connectivity index is 2.17. The van der Waals surface area contributed by atoms with Crippen molar-refractivity contribution in [1.29, 1.82) is 0 Å². The number of ether oxygens (including phenoxy) is 1. The van der Waals surface area contributed by atoms with Crippen LogP contribution in [-0.4, -0.2) is 73.9 Å². The van der Waals surface area contributed by atoms with E-state index in [9.17, 15) is 4.79 Å². The van der Waals surface area contributed by atoms with E-state index in [4.69, 9.17) is 9.84 Å². The van der Waals surface area contributed by atoms with Gasteiger partial charge in [0.05, 0.1) is 5.39 Å². The maximum atomic E-state index is 11.3. The summed E-state index contributed by atoms with van der Waals surface area (Å²) < 4.78 is 8.19. The predicted octanol–water partition coefficient (Wildman–Crippen LogP) is 2.41. The van der Waals surface area contributed by atoms with Gasteiger partial charge in [0.25, 0.3) is 0 Å². The molecular formula is C18H29N5O2Si. The molecule has 0 N–H and O–H groups in total. The Labute approximate surface area is 155 Å². The van der Waals surface area contributed by atoms with Gasteiger partial charge in [-0.1, -0.05) is 19.6 Å². The molecule has 0 amide bonds. The first-order chi connectivity index (χ1) is 12.3. The molecule has 1 aliphatic rings. The van der Waals surface area contributed by atoms with E-state index < -0.39 is 8.07 Å². The molecule has 0 aromatic carbocycles. The number of carbonyl (C=O) groups excluding carboxylic acids is 1. The fourth-order valence-corrected chi connectivity index (χ4v) is 4.98. The van der Waals surface area contributed by atoms with Crippen LogP contribution >= 0.6 is 0 Å². The van der Waals surface area contributed by atoms with Gasteiger partial charge >= 0.3 is 0 Å². The number of nitrogens with zero attached hydrogens (tertiary/aromatic N) is 5. The fraction of sp³-hybridized carbons (Fsp3) is 0.611. The van der Waals surface area contributed by atoms with E-state index in [-0.39, 0.29) is 5.85 Å². The zero-order valence-electron chi connectivity index (χ0n) is 16.4. The highest BCUT2D eigenvalue weighted by Crippen LogP contribution is 2.34. The summed E-state index contributed by atoms with van der Waals surface area (Å²) in [5, 5.41) is 5.74. The largest absolute Gasteiger partial charge is 0.360 e. The summed E-state index contributed by atoms with van der Waals surface area (Å²) in [6.07, 6.45) is 2.43. The van der Waals surface area contributed by atoms with E-state index in [2.05, 4.69) is 41.5 Å². The van der Waals surface area contributed by atoms with Gasteiger partial charge in [0.1, 0.15) is 19.7 Å². The van der Waals surface area contributed by atoms with Crippen LogP contribution < -0.4 is 4.90 Å². The molecule has 0 bridgehead atoms. The predicted molar refractivity (Wildman–Crippen MR) is 107 cm³/mol. The van der Waals surface area contributed by atoms with Crippen molar-refractivity contribution in [3.63, 3.8) is 0 Å². The van der Waals surface area contributed by atoms with Crippen LogP contribution in [0, 0.1) is 0 Å². The summed E-state index contributed by atoms with van der Waals surface area (Å²) in [4.78, 5) is 20.4. The molecular weight excluding hydrogens is 346 g/mol. The van der Waals surface area contributed by atoms with E-state index >= 15 is 0 Å². The zero-order valence-corrected chi connectivity index (χ0v) is 17.4. The van der Waals surface area contributed by atoms with Crippen molar-refractivity contribution in [1.82, 2.24) is 19.7 Å². The van der Waals surface area contributed by atoms with E-state index in [1.165, 1.54) is 0 Å². The van der Waals surface area contributed by atoms with Crippen LogP contribution in [0.5, 0.6) is 0 Å². The number of aromatic nitrogens is 3. The lowest BCUT2D eigenvalue weighted by molar-refractivity contribution is 0.0561. The fourth-order valence-electron chi connectivity index (χ4n) is 3.40. The third-order valence-electron chi connectivity index (χ3n) is 4.77. The first-order valence-corrected chi connectivity index (χ1v) is 12.8. The monoisotopic (exact) mass is 375 g/mol. The first kappa shape index (κ1) is 19.0. The normalized spacial score (nSPS) is 17.7. The number of hydrogen-bond donors (Lipinski definition) is 0. The molecule has 0 unspecified atom stereocenters. The Morgan fingerprint density at radius 3 is 2.54 bits per heavy atom. The molecule has 0 aliphatic carbocycles. The molecule has 142 valence electrons. The number of likely N-dealkylation sites (N-methyl/N-ethyl adjacent to an activating group) is 1. The topological polar surface area (TPSA) is 63.5 Å². The summed E-state index contributed by atoms with van der Waals surface area (Å²) in [6.45, 7) is 13.4. The lowest BCUT2D eigenvalue weighted by Crippen LogP contribution is -2.47. The molecule has 2 aromatic heterocycles. The minimum Gasteiger partial charge on any atom is -0.360 e. The molecule has 1 saturated heterocycles. The molecule has 1 fully saturated rings. The van der Waals surface area contributed by atoms with Crippen LogP contribution in [-0.2, 0) is 4.74 Å². The molecule has 1 atom stereocenters. The van der Waals surface area contributed by atoms with Crippen molar-refractivity contribution in [2.24, 2.45) is 0 Å². The first-order valence-electron chi connectivity index (χ1n) is 9.23. The van der Waals surface area contributed by atoms with Gasteiger partial charge < -0.3 is 14.5 Å². The Hall–Kier alpha value is -1.77. The number of piperazine rings is 1. The smallest absolute Gasteiger partial charge is 0.183 e. The van der Waals surface area contributed by atoms with Crippen molar-refractivity contribution >= 4 is 31.2 Å². The number of carbonyl (C=O) groups is 1. The number of rotatable bonds is 6. The molecule has 26 heavy (non-hydrogen) atoms. The zero-order chi connectivity index (χ0) is 18.9. The van der Waals surface area contributed by atoms with E-state index in [0.717, 1.165) is 43.7 Å². The maximum absolute atomic E-state index is 11.3. The van der Waals surface area contributed by atoms with E-state index in [1.807, 2.05) is 17.7 Å². The maximum Gasteiger partial charge on any atom is 0.183 e. The van der Waals surface area contributed by atoms with Crippen molar-refractivity contribution in [2.75, 3.05) is 44.7 Å². The van der Waals surface area contributed by atoms with Crippen molar-refractivity contribution in [2.45, 2.75) is 32.4 Å². The average molecular weight is 376 g/mol. The van der Waals surface area contributed by atoms with Gasteiger partial charge in [-0.3, -0.25) is 4.79 Å². The average Bonchev–Trinajstić information content (AvgIpc) is 2.97. The summed E-state index contributed by atoms with van der Waals surface area (Å²) in [7, 11) is 0.445. The Morgan fingerprint density at radius 2 is 1.96 bits per heavy atom. The van der Waals surface area contributed by atoms with Gasteiger partial charge in [-0.05, 0) is 20.0 Å². The molecule has 8 heteroatoms.